The van der Waals surface area contributed by atoms with Crippen molar-refractivity contribution in [1.29, 1.82) is 0 Å². The molecule has 0 aliphatic carbocycles. The van der Waals surface area contributed by atoms with Gasteiger partial charge in [0, 0.05) is 0 Å². The lowest BCUT2D eigenvalue weighted by atomic mass is 10.3. The van der Waals surface area contributed by atoms with Crippen LogP contribution in [0.1, 0.15) is 13.3 Å². The van der Waals surface area contributed by atoms with E-state index in [1.165, 1.54) is 13.2 Å². The Morgan fingerprint density at radius 3 is 2.80 bits per heavy atom. The molecule has 0 aromatic rings. The maximum atomic E-state index is 10.4. The third kappa shape index (κ3) is 5.31. The molecule has 58 valence electrons. The molecule has 0 aromatic heterocycles. The van der Waals surface area contributed by atoms with Gasteiger partial charge < -0.3 is 9.84 Å². The highest BCUT2D eigenvalue weighted by Crippen LogP contribution is 1.89. The van der Waals surface area contributed by atoms with Gasteiger partial charge in [0.2, 0.25) is 0 Å². The van der Waals surface area contributed by atoms with E-state index in [1.54, 1.807) is 13.0 Å². The molecule has 0 heterocycles. The van der Waals surface area contributed by atoms with Crippen molar-refractivity contribution >= 4 is 5.97 Å². The number of hydrogen-bond donors (Lipinski definition) is 1. The van der Waals surface area contributed by atoms with E-state index in [4.69, 9.17) is 5.11 Å². The van der Waals surface area contributed by atoms with Gasteiger partial charge >= 0.3 is 5.97 Å². The van der Waals surface area contributed by atoms with Gasteiger partial charge in [0.1, 0.15) is 0 Å². The highest BCUT2D eigenvalue weighted by molar-refractivity contribution is 5.70. The molecule has 0 fully saturated rings. The molecule has 0 amide bonds. The summed E-state index contributed by atoms with van der Waals surface area (Å²) in [5, 5.41) is 8.70. The highest BCUT2D eigenvalue weighted by Gasteiger charge is 1.93. The smallest absolute Gasteiger partial charge is 0.309 e. The summed E-state index contributed by atoms with van der Waals surface area (Å²) >= 11 is 0. The fraction of sp³-hybridized carbons (Fsp3) is 0.571. The summed E-state index contributed by atoms with van der Waals surface area (Å²) in [5.41, 5.74) is 0. The zero-order valence-electron chi connectivity index (χ0n) is 6.20. The van der Waals surface area contributed by atoms with Crippen molar-refractivity contribution in [2.24, 2.45) is 0 Å². The summed E-state index contributed by atoms with van der Waals surface area (Å²) in [7, 11) is 1.33. The Morgan fingerprint density at radius 1 is 1.80 bits per heavy atom. The van der Waals surface area contributed by atoms with E-state index in [0.717, 1.165) is 0 Å². The lowest BCUT2D eigenvalue weighted by molar-refractivity contribution is -0.139. The molecule has 0 bridgehead atoms. The van der Waals surface area contributed by atoms with E-state index >= 15 is 0 Å². The number of methoxy groups -OCH3 is 1. The molecule has 0 aliphatic heterocycles. The molecule has 0 saturated heterocycles. The normalized spacial score (nSPS) is 13.5. The van der Waals surface area contributed by atoms with Gasteiger partial charge in [0.05, 0.1) is 19.6 Å². The Labute approximate surface area is 60.3 Å². The summed E-state index contributed by atoms with van der Waals surface area (Å²) in [5.74, 6) is -0.295. The second kappa shape index (κ2) is 4.99. The van der Waals surface area contributed by atoms with Crippen LogP contribution in [-0.4, -0.2) is 24.3 Å². The molecule has 0 rings (SSSR count). The third-order valence-electron chi connectivity index (χ3n) is 0.927. The monoisotopic (exact) mass is 144 g/mol. The van der Waals surface area contributed by atoms with Gasteiger partial charge in [-0.3, -0.25) is 4.79 Å². The predicted molar refractivity (Wildman–Crippen MR) is 37.5 cm³/mol. The maximum absolute atomic E-state index is 10.4. The van der Waals surface area contributed by atoms with E-state index in [0.29, 0.717) is 0 Å². The molecular weight excluding hydrogens is 132 g/mol. The van der Waals surface area contributed by atoms with E-state index in [1.807, 2.05) is 0 Å². The number of carbonyl (C=O) groups excluding carboxylic acids is 1. The Kier molecular flexibility index (Phi) is 4.58. The number of aliphatic hydroxyl groups excluding tert-OH is 1. The summed E-state index contributed by atoms with van der Waals surface area (Å²) in [4.78, 5) is 10.4. The lowest BCUT2D eigenvalue weighted by Gasteiger charge is -1.93. The van der Waals surface area contributed by atoms with Gasteiger partial charge in [-0.25, -0.2) is 0 Å². The fourth-order valence-corrected chi connectivity index (χ4v) is 0.445. The Balaban J connectivity index is 3.43. The molecule has 3 nitrogen and oxygen atoms in total. The number of esters is 1. The maximum Gasteiger partial charge on any atom is 0.309 e. The second-order valence-corrected chi connectivity index (χ2v) is 1.95. The molecule has 3 heteroatoms. The van der Waals surface area contributed by atoms with E-state index < -0.39 is 6.10 Å². The largest absolute Gasteiger partial charge is 0.469 e. The average molecular weight is 144 g/mol. The summed E-state index contributed by atoms with van der Waals surface area (Å²) in [6.45, 7) is 1.62. The summed E-state index contributed by atoms with van der Waals surface area (Å²) < 4.78 is 4.36. The van der Waals surface area contributed by atoms with E-state index in [2.05, 4.69) is 4.74 Å². The predicted octanol–water partition coefficient (Wildman–Crippen LogP) is 0.486. The Hall–Kier alpha value is -0.830. The van der Waals surface area contributed by atoms with Crippen LogP contribution in [-0.2, 0) is 9.53 Å². The van der Waals surface area contributed by atoms with Crippen LogP contribution in [0.3, 0.4) is 0 Å². The molecule has 1 atom stereocenters. The van der Waals surface area contributed by atoms with Crippen molar-refractivity contribution in [2.75, 3.05) is 7.11 Å². The Morgan fingerprint density at radius 2 is 2.40 bits per heavy atom. The minimum Gasteiger partial charge on any atom is -0.469 e. The van der Waals surface area contributed by atoms with Crippen molar-refractivity contribution in [1.82, 2.24) is 0 Å². The molecule has 10 heavy (non-hydrogen) atoms. The minimum atomic E-state index is -0.496. The van der Waals surface area contributed by atoms with Crippen LogP contribution in [0.5, 0.6) is 0 Å². The molecule has 0 aromatic carbocycles. The molecule has 1 N–H and O–H groups in total. The number of aliphatic hydroxyl groups is 1. The van der Waals surface area contributed by atoms with Crippen LogP contribution in [0.15, 0.2) is 12.2 Å². The topological polar surface area (TPSA) is 46.5 Å². The molecular formula is C7H12O3. The first-order valence-corrected chi connectivity index (χ1v) is 3.08. The zero-order valence-corrected chi connectivity index (χ0v) is 6.20. The summed E-state index contributed by atoms with van der Waals surface area (Å²) in [6, 6.07) is 0. The van der Waals surface area contributed by atoms with E-state index in [9.17, 15) is 4.79 Å². The van der Waals surface area contributed by atoms with Gasteiger partial charge in [-0.05, 0) is 6.92 Å². The standard InChI is InChI=1S/C7H12O3/c1-6(8)4-3-5-7(9)10-2/h3-4,6,8H,5H2,1-2H3. The SMILES string of the molecule is COC(=O)CC=CC(C)O. The number of ether oxygens (including phenoxy) is 1. The Bertz CT molecular complexity index is 127. The van der Waals surface area contributed by atoms with Gasteiger partial charge in [-0.15, -0.1) is 0 Å². The van der Waals surface area contributed by atoms with Crippen LogP contribution < -0.4 is 0 Å². The van der Waals surface area contributed by atoms with Crippen LogP contribution in [0.2, 0.25) is 0 Å². The minimum absolute atomic E-state index is 0.224. The third-order valence-corrected chi connectivity index (χ3v) is 0.927. The molecule has 0 aliphatic rings. The van der Waals surface area contributed by atoms with Crippen LogP contribution in [0.25, 0.3) is 0 Å². The highest BCUT2D eigenvalue weighted by atomic mass is 16.5. The van der Waals surface area contributed by atoms with Crippen molar-refractivity contribution in [2.45, 2.75) is 19.4 Å². The van der Waals surface area contributed by atoms with Gasteiger partial charge in [0.15, 0.2) is 0 Å². The van der Waals surface area contributed by atoms with Crippen molar-refractivity contribution in [3.05, 3.63) is 12.2 Å². The number of rotatable bonds is 3. The number of carbonyl (C=O) groups is 1. The first-order chi connectivity index (χ1) is 4.66. The molecule has 0 radical (unpaired) electrons. The lowest BCUT2D eigenvalue weighted by Crippen LogP contribution is -1.98. The van der Waals surface area contributed by atoms with Crippen molar-refractivity contribution < 1.29 is 14.6 Å². The van der Waals surface area contributed by atoms with Gasteiger partial charge in [0.25, 0.3) is 0 Å². The van der Waals surface area contributed by atoms with Gasteiger partial charge in [-0.2, -0.15) is 0 Å². The summed E-state index contributed by atoms with van der Waals surface area (Å²) in [6.07, 6.45) is 2.85. The van der Waals surface area contributed by atoms with Crippen molar-refractivity contribution in [3.63, 3.8) is 0 Å². The number of hydrogen-bond acceptors (Lipinski definition) is 3. The average Bonchev–Trinajstić information content (AvgIpc) is 1.87. The molecule has 0 saturated carbocycles. The quantitative estimate of drug-likeness (QED) is 0.463. The van der Waals surface area contributed by atoms with Gasteiger partial charge in [-0.1, -0.05) is 12.2 Å². The van der Waals surface area contributed by atoms with Crippen LogP contribution in [0, 0.1) is 0 Å². The second-order valence-electron chi connectivity index (χ2n) is 1.95. The zero-order chi connectivity index (χ0) is 7.98. The first kappa shape index (κ1) is 9.17. The van der Waals surface area contributed by atoms with Crippen LogP contribution in [0.4, 0.5) is 0 Å². The van der Waals surface area contributed by atoms with Crippen LogP contribution >= 0.6 is 0 Å². The fourth-order valence-electron chi connectivity index (χ4n) is 0.445. The molecule has 1 unspecified atom stereocenters. The first-order valence-electron chi connectivity index (χ1n) is 3.08. The van der Waals surface area contributed by atoms with Crippen molar-refractivity contribution in [3.8, 4) is 0 Å². The van der Waals surface area contributed by atoms with E-state index in [-0.39, 0.29) is 12.4 Å². The molecule has 0 spiro atoms.